The van der Waals surface area contributed by atoms with Crippen molar-refractivity contribution in [3.05, 3.63) is 65.8 Å². The highest BCUT2D eigenvalue weighted by Gasteiger charge is 2.00. The predicted octanol–water partition coefficient (Wildman–Crippen LogP) is 1.81. The Morgan fingerprint density at radius 2 is 2.08 bits per heavy atom. The van der Waals surface area contributed by atoms with Crippen molar-refractivity contribution < 1.29 is 10.0 Å². The maximum Gasteiger partial charge on any atom is 0.267 e. The van der Waals surface area contributed by atoms with Gasteiger partial charge in [-0.2, -0.15) is 0 Å². The Morgan fingerprint density at radius 1 is 1.20 bits per heavy atom. The fourth-order valence-corrected chi connectivity index (χ4v) is 2.39. The fraction of sp³-hybridized carbons (Fsp3) is 0.167. The molecule has 0 radical (unpaired) electrons. The van der Waals surface area contributed by atoms with E-state index in [1.165, 1.54) is 11.6 Å². The summed E-state index contributed by atoms with van der Waals surface area (Å²) >= 11 is 0. The number of aromatic nitrogens is 3. The second-order valence-electron chi connectivity index (χ2n) is 5.54. The first-order valence-electron chi connectivity index (χ1n) is 7.95. The molecule has 7 nitrogen and oxygen atoms in total. The van der Waals surface area contributed by atoms with Crippen molar-refractivity contribution in [2.45, 2.75) is 13.0 Å². The largest absolute Gasteiger partial charge is 0.346 e. The third-order valence-corrected chi connectivity index (χ3v) is 3.72. The van der Waals surface area contributed by atoms with E-state index in [1.807, 2.05) is 30.5 Å². The molecule has 3 aromatic heterocycles. The van der Waals surface area contributed by atoms with Crippen LogP contribution in [0.4, 0.5) is 0 Å². The van der Waals surface area contributed by atoms with Crippen molar-refractivity contribution in [2.75, 3.05) is 6.54 Å². The second-order valence-corrected chi connectivity index (χ2v) is 5.54. The zero-order chi connectivity index (χ0) is 17.5. The Morgan fingerprint density at radius 3 is 2.88 bits per heavy atom. The summed E-state index contributed by atoms with van der Waals surface area (Å²) in [5.41, 5.74) is 5.20. The van der Waals surface area contributed by atoms with E-state index in [1.54, 1.807) is 12.3 Å². The first-order valence-corrected chi connectivity index (χ1v) is 7.95. The van der Waals surface area contributed by atoms with Crippen LogP contribution < -0.4 is 10.8 Å². The highest BCUT2D eigenvalue weighted by molar-refractivity contribution is 5.90. The summed E-state index contributed by atoms with van der Waals surface area (Å²) in [7, 11) is 0. The molecule has 0 saturated heterocycles. The van der Waals surface area contributed by atoms with E-state index in [4.69, 9.17) is 5.21 Å². The molecule has 25 heavy (non-hydrogen) atoms. The third-order valence-electron chi connectivity index (χ3n) is 3.72. The number of nitrogens with one attached hydrogen (secondary N) is 3. The van der Waals surface area contributed by atoms with Crippen molar-refractivity contribution in [1.29, 1.82) is 0 Å². The van der Waals surface area contributed by atoms with Crippen LogP contribution in [0.2, 0.25) is 0 Å². The van der Waals surface area contributed by atoms with Crippen LogP contribution >= 0.6 is 0 Å². The monoisotopic (exact) mass is 337 g/mol. The maximum atomic E-state index is 10.9. The fourth-order valence-electron chi connectivity index (χ4n) is 2.39. The molecule has 128 valence electrons. The lowest BCUT2D eigenvalue weighted by Crippen LogP contribution is -2.17. The van der Waals surface area contributed by atoms with Gasteiger partial charge in [-0.15, -0.1) is 0 Å². The van der Waals surface area contributed by atoms with Gasteiger partial charge in [-0.3, -0.25) is 15.0 Å². The number of rotatable bonds is 7. The van der Waals surface area contributed by atoms with Crippen LogP contribution in [0.3, 0.4) is 0 Å². The SMILES string of the molecule is O=C(/C=C/c1ccc(CNCCc2ccc3cc[nH]c3n2)nc1)NO. The Bertz CT molecular complexity index is 871. The zero-order valence-electron chi connectivity index (χ0n) is 13.6. The molecule has 0 atom stereocenters. The Kier molecular flexibility index (Phi) is 5.50. The Balaban J connectivity index is 1.45. The second kappa shape index (κ2) is 8.18. The number of hydrogen-bond acceptors (Lipinski definition) is 5. The molecule has 0 aliphatic heterocycles. The molecule has 0 saturated carbocycles. The van der Waals surface area contributed by atoms with E-state index in [0.717, 1.165) is 41.0 Å². The number of fused-ring (bicyclic) bond motifs is 1. The Hall–Kier alpha value is -3.03. The highest BCUT2D eigenvalue weighted by atomic mass is 16.5. The molecule has 1 amide bonds. The van der Waals surface area contributed by atoms with Gasteiger partial charge in [-0.05, 0) is 35.9 Å². The van der Waals surface area contributed by atoms with E-state index in [2.05, 4.69) is 26.3 Å². The quantitative estimate of drug-likeness (QED) is 0.228. The third kappa shape index (κ3) is 4.72. The Labute approximate surface area is 144 Å². The molecular formula is C18H19N5O2. The summed E-state index contributed by atoms with van der Waals surface area (Å²) in [5.74, 6) is -0.572. The molecule has 3 aromatic rings. The summed E-state index contributed by atoms with van der Waals surface area (Å²) in [4.78, 5) is 22.9. The number of aromatic amines is 1. The van der Waals surface area contributed by atoms with Crippen LogP contribution in [0, 0.1) is 0 Å². The molecule has 0 fully saturated rings. The molecule has 4 N–H and O–H groups in total. The summed E-state index contributed by atoms with van der Waals surface area (Å²) in [5, 5.41) is 12.9. The molecule has 0 aromatic carbocycles. The smallest absolute Gasteiger partial charge is 0.267 e. The summed E-state index contributed by atoms with van der Waals surface area (Å²) < 4.78 is 0. The molecule has 7 heteroatoms. The van der Waals surface area contributed by atoms with Crippen molar-refractivity contribution in [3.63, 3.8) is 0 Å². The number of pyridine rings is 2. The maximum absolute atomic E-state index is 10.9. The first kappa shape index (κ1) is 16.8. The van der Waals surface area contributed by atoms with Crippen molar-refractivity contribution >= 4 is 23.0 Å². The summed E-state index contributed by atoms with van der Waals surface area (Å²) in [6.07, 6.45) is 7.23. The molecule has 0 aliphatic rings. The average molecular weight is 337 g/mol. The van der Waals surface area contributed by atoms with E-state index in [9.17, 15) is 4.79 Å². The summed E-state index contributed by atoms with van der Waals surface area (Å²) in [6.45, 7) is 1.46. The number of hydroxylamine groups is 1. The van der Waals surface area contributed by atoms with Crippen molar-refractivity contribution in [3.8, 4) is 0 Å². The molecule has 0 bridgehead atoms. The van der Waals surface area contributed by atoms with Crippen LogP contribution in [-0.2, 0) is 17.8 Å². The van der Waals surface area contributed by atoms with Crippen LogP contribution in [0.1, 0.15) is 17.0 Å². The molecule has 3 rings (SSSR count). The van der Waals surface area contributed by atoms with Crippen molar-refractivity contribution in [2.24, 2.45) is 0 Å². The topological polar surface area (TPSA) is 103 Å². The van der Waals surface area contributed by atoms with Gasteiger partial charge >= 0.3 is 0 Å². The van der Waals surface area contributed by atoms with Crippen LogP contribution in [0.5, 0.6) is 0 Å². The van der Waals surface area contributed by atoms with Gasteiger partial charge in [0.15, 0.2) is 0 Å². The standard InChI is InChI=1S/C18H19N5O2/c24-17(23-25)6-2-13-1-4-16(21-11-13)12-19-9-8-15-5-3-14-7-10-20-18(14)22-15/h1-7,10-11,19,25H,8-9,12H2,(H,20,22)(H,23,24)/b6-2+. The summed E-state index contributed by atoms with van der Waals surface area (Å²) in [6, 6.07) is 9.88. The lowest BCUT2D eigenvalue weighted by Gasteiger charge is -2.05. The predicted molar refractivity (Wildman–Crippen MR) is 94.7 cm³/mol. The lowest BCUT2D eigenvalue weighted by molar-refractivity contribution is -0.124. The minimum absolute atomic E-state index is 0.572. The minimum Gasteiger partial charge on any atom is -0.346 e. The van der Waals surface area contributed by atoms with Crippen LogP contribution in [-0.4, -0.2) is 32.6 Å². The van der Waals surface area contributed by atoms with Gasteiger partial charge in [0.1, 0.15) is 5.65 Å². The van der Waals surface area contributed by atoms with Gasteiger partial charge in [-0.1, -0.05) is 6.07 Å². The number of carbonyl (C=O) groups is 1. The van der Waals surface area contributed by atoms with Crippen LogP contribution in [0.25, 0.3) is 17.1 Å². The number of H-pyrrole nitrogens is 1. The van der Waals surface area contributed by atoms with E-state index in [-0.39, 0.29) is 0 Å². The van der Waals surface area contributed by atoms with Gasteiger partial charge in [0.25, 0.3) is 5.91 Å². The van der Waals surface area contributed by atoms with Crippen LogP contribution in [0.15, 0.2) is 48.8 Å². The molecule has 0 aliphatic carbocycles. The highest BCUT2D eigenvalue weighted by Crippen LogP contribution is 2.10. The average Bonchev–Trinajstić information content (AvgIpc) is 3.12. The van der Waals surface area contributed by atoms with Gasteiger partial charge in [0.05, 0.1) is 5.69 Å². The van der Waals surface area contributed by atoms with E-state index >= 15 is 0 Å². The molecular weight excluding hydrogens is 318 g/mol. The van der Waals surface area contributed by atoms with E-state index in [0.29, 0.717) is 6.54 Å². The molecule has 3 heterocycles. The first-order chi connectivity index (χ1) is 12.2. The van der Waals surface area contributed by atoms with Gasteiger partial charge in [0, 0.05) is 49.1 Å². The zero-order valence-corrected chi connectivity index (χ0v) is 13.6. The lowest BCUT2D eigenvalue weighted by atomic mass is 10.2. The minimum atomic E-state index is -0.572. The molecule has 0 unspecified atom stereocenters. The number of nitrogens with zero attached hydrogens (tertiary/aromatic N) is 2. The van der Waals surface area contributed by atoms with Crippen molar-refractivity contribution in [1.82, 2.24) is 25.7 Å². The number of carbonyl (C=O) groups excluding carboxylic acids is 1. The van der Waals surface area contributed by atoms with Gasteiger partial charge < -0.3 is 10.3 Å². The van der Waals surface area contributed by atoms with Gasteiger partial charge in [0.2, 0.25) is 0 Å². The molecule has 0 spiro atoms. The normalized spacial score (nSPS) is 11.2. The van der Waals surface area contributed by atoms with E-state index < -0.39 is 5.91 Å². The van der Waals surface area contributed by atoms with Gasteiger partial charge in [-0.25, -0.2) is 10.5 Å². The number of amides is 1. The number of hydrogen-bond donors (Lipinski definition) is 4.